The van der Waals surface area contributed by atoms with Crippen molar-refractivity contribution >= 4 is 17.2 Å². The number of para-hydroxylation sites is 1. The maximum atomic E-state index is 4.27. The maximum absolute atomic E-state index is 4.27. The second kappa shape index (κ2) is 5.34. The Morgan fingerprint density at radius 3 is 2.59 bits per heavy atom. The molecule has 0 aliphatic rings. The van der Waals surface area contributed by atoms with Crippen molar-refractivity contribution in [1.82, 2.24) is 4.98 Å². The molecule has 0 radical (unpaired) electrons. The van der Waals surface area contributed by atoms with Crippen molar-refractivity contribution in [2.45, 2.75) is 6.92 Å². The molecule has 0 atom stereocenters. The third-order valence-electron chi connectivity index (χ3n) is 2.63. The minimum absolute atomic E-state index is 0.880. The van der Waals surface area contributed by atoms with Gasteiger partial charge in [-0.25, -0.2) is 4.98 Å². The molecule has 3 heteroatoms. The lowest BCUT2D eigenvalue weighted by Gasteiger charge is -2.19. The average Bonchev–Trinajstić information content (AvgIpc) is 2.40. The zero-order chi connectivity index (χ0) is 12.1. The number of aromatic nitrogens is 1. The number of anilines is 3. The minimum atomic E-state index is 0.880. The van der Waals surface area contributed by atoms with Crippen molar-refractivity contribution in [3.63, 3.8) is 0 Å². The highest BCUT2D eigenvalue weighted by molar-refractivity contribution is 5.64. The van der Waals surface area contributed by atoms with Crippen LogP contribution in [0.3, 0.4) is 0 Å². The van der Waals surface area contributed by atoms with E-state index in [1.807, 2.05) is 30.5 Å². The molecule has 0 unspecified atom stereocenters. The number of hydrogen-bond acceptors (Lipinski definition) is 3. The lowest BCUT2D eigenvalue weighted by atomic mass is 10.2. The monoisotopic (exact) mass is 227 g/mol. The summed E-state index contributed by atoms with van der Waals surface area (Å²) in [5.41, 5.74) is 2.29. The fraction of sp³-hybridized carbons (Fsp3) is 0.214. The van der Waals surface area contributed by atoms with Gasteiger partial charge in [-0.2, -0.15) is 0 Å². The summed E-state index contributed by atoms with van der Waals surface area (Å²) in [6.45, 7) is 2.95. The summed E-state index contributed by atoms with van der Waals surface area (Å²) in [5.74, 6) is 0.910. The van der Waals surface area contributed by atoms with E-state index in [4.69, 9.17) is 0 Å². The number of pyridine rings is 1. The van der Waals surface area contributed by atoms with Gasteiger partial charge in [-0.3, -0.25) is 0 Å². The van der Waals surface area contributed by atoms with Gasteiger partial charge in [-0.15, -0.1) is 0 Å². The summed E-state index contributed by atoms with van der Waals surface area (Å²) in [7, 11) is 2.06. The lowest BCUT2D eigenvalue weighted by Crippen LogP contribution is -2.10. The first kappa shape index (κ1) is 11.5. The quantitative estimate of drug-likeness (QED) is 0.868. The van der Waals surface area contributed by atoms with Gasteiger partial charge in [0.15, 0.2) is 0 Å². The summed E-state index contributed by atoms with van der Waals surface area (Å²) >= 11 is 0. The van der Waals surface area contributed by atoms with Crippen LogP contribution in [0.1, 0.15) is 6.92 Å². The molecule has 0 saturated carbocycles. The average molecular weight is 227 g/mol. The van der Waals surface area contributed by atoms with E-state index < -0.39 is 0 Å². The van der Waals surface area contributed by atoms with Crippen LogP contribution in [0, 0.1) is 0 Å². The molecule has 0 aliphatic carbocycles. The first-order valence-electron chi connectivity index (χ1n) is 5.80. The van der Waals surface area contributed by atoms with Gasteiger partial charge in [0.25, 0.3) is 0 Å². The molecular formula is C14H17N3. The second-order valence-electron chi connectivity index (χ2n) is 3.82. The molecule has 1 heterocycles. The fourth-order valence-corrected chi connectivity index (χ4v) is 1.71. The predicted octanol–water partition coefficient (Wildman–Crippen LogP) is 3.28. The standard InChI is InChI=1S/C14H17N3/c1-3-15-14-11-13(9-10-16-14)17(2)12-7-5-4-6-8-12/h4-11H,3H2,1-2H3,(H,15,16). The van der Waals surface area contributed by atoms with Crippen LogP contribution in [-0.4, -0.2) is 18.6 Å². The molecule has 88 valence electrons. The first-order valence-corrected chi connectivity index (χ1v) is 5.80. The number of benzene rings is 1. The molecule has 0 aliphatic heterocycles. The Morgan fingerprint density at radius 2 is 1.88 bits per heavy atom. The second-order valence-corrected chi connectivity index (χ2v) is 3.82. The van der Waals surface area contributed by atoms with Crippen LogP contribution in [0.5, 0.6) is 0 Å². The molecule has 1 aromatic carbocycles. The third-order valence-corrected chi connectivity index (χ3v) is 2.63. The van der Waals surface area contributed by atoms with Crippen LogP contribution in [0.25, 0.3) is 0 Å². The molecule has 1 N–H and O–H groups in total. The topological polar surface area (TPSA) is 28.2 Å². The summed E-state index contributed by atoms with van der Waals surface area (Å²) in [6, 6.07) is 14.3. The third kappa shape index (κ3) is 2.75. The zero-order valence-corrected chi connectivity index (χ0v) is 10.2. The smallest absolute Gasteiger partial charge is 0.127 e. The van der Waals surface area contributed by atoms with E-state index in [0.717, 1.165) is 18.1 Å². The normalized spacial score (nSPS) is 10.0. The van der Waals surface area contributed by atoms with Gasteiger partial charge in [0.1, 0.15) is 5.82 Å². The van der Waals surface area contributed by atoms with Gasteiger partial charge in [0.2, 0.25) is 0 Å². The highest BCUT2D eigenvalue weighted by atomic mass is 15.1. The van der Waals surface area contributed by atoms with E-state index >= 15 is 0 Å². The summed E-state index contributed by atoms with van der Waals surface area (Å²) in [6.07, 6.45) is 1.83. The highest BCUT2D eigenvalue weighted by Gasteiger charge is 2.04. The molecule has 2 rings (SSSR count). The van der Waals surface area contributed by atoms with Crippen molar-refractivity contribution in [1.29, 1.82) is 0 Å². The van der Waals surface area contributed by atoms with Crippen LogP contribution in [-0.2, 0) is 0 Å². The molecule has 0 fully saturated rings. The molecule has 0 spiro atoms. The predicted molar refractivity (Wildman–Crippen MR) is 72.9 cm³/mol. The minimum Gasteiger partial charge on any atom is -0.370 e. The van der Waals surface area contributed by atoms with E-state index in [1.54, 1.807) is 0 Å². The van der Waals surface area contributed by atoms with Crippen molar-refractivity contribution in [2.75, 3.05) is 23.8 Å². The van der Waals surface area contributed by atoms with Crippen molar-refractivity contribution in [2.24, 2.45) is 0 Å². The number of nitrogens with one attached hydrogen (secondary N) is 1. The van der Waals surface area contributed by atoms with Crippen molar-refractivity contribution in [3.05, 3.63) is 48.7 Å². The summed E-state index contributed by atoms with van der Waals surface area (Å²) < 4.78 is 0. The van der Waals surface area contributed by atoms with E-state index in [9.17, 15) is 0 Å². The molecule has 17 heavy (non-hydrogen) atoms. The fourth-order valence-electron chi connectivity index (χ4n) is 1.71. The van der Waals surface area contributed by atoms with Crippen LogP contribution in [0.2, 0.25) is 0 Å². The van der Waals surface area contributed by atoms with Gasteiger partial charge in [0.05, 0.1) is 0 Å². The Kier molecular flexibility index (Phi) is 3.60. The Morgan fingerprint density at radius 1 is 1.12 bits per heavy atom. The van der Waals surface area contributed by atoms with E-state index in [1.165, 1.54) is 5.69 Å². The van der Waals surface area contributed by atoms with Gasteiger partial charge in [-0.05, 0) is 25.1 Å². The SMILES string of the molecule is CCNc1cc(N(C)c2ccccc2)ccn1. The Balaban J connectivity index is 2.25. The largest absolute Gasteiger partial charge is 0.370 e. The molecule has 0 bridgehead atoms. The van der Waals surface area contributed by atoms with Crippen molar-refractivity contribution < 1.29 is 0 Å². The Bertz CT molecular complexity index is 468. The van der Waals surface area contributed by atoms with Gasteiger partial charge in [-0.1, -0.05) is 18.2 Å². The lowest BCUT2D eigenvalue weighted by molar-refractivity contribution is 1.14. The van der Waals surface area contributed by atoms with Crippen LogP contribution in [0.4, 0.5) is 17.2 Å². The van der Waals surface area contributed by atoms with Gasteiger partial charge < -0.3 is 10.2 Å². The maximum Gasteiger partial charge on any atom is 0.127 e. The molecule has 2 aromatic rings. The van der Waals surface area contributed by atoms with Crippen LogP contribution in [0.15, 0.2) is 48.7 Å². The van der Waals surface area contributed by atoms with Crippen molar-refractivity contribution in [3.8, 4) is 0 Å². The molecular weight excluding hydrogens is 210 g/mol. The number of nitrogens with zero attached hydrogens (tertiary/aromatic N) is 2. The van der Waals surface area contributed by atoms with E-state index in [0.29, 0.717) is 0 Å². The van der Waals surface area contributed by atoms with Crippen LogP contribution < -0.4 is 10.2 Å². The van der Waals surface area contributed by atoms with Crippen LogP contribution >= 0.6 is 0 Å². The molecule has 3 nitrogen and oxygen atoms in total. The first-order chi connectivity index (χ1) is 8.31. The zero-order valence-electron chi connectivity index (χ0n) is 10.2. The molecule has 0 saturated heterocycles. The summed E-state index contributed by atoms with van der Waals surface area (Å²) in [5, 5.41) is 3.22. The Hall–Kier alpha value is -2.03. The van der Waals surface area contributed by atoms with Gasteiger partial charge >= 0.3 is 0 Å². The van der Waals surface area contributed by atoms with E-state index in [2.05, 4.69) is 47.4 Å². The summed E-state index contributed by atoms with van der Waals surface area (Å²) in [4.78, 5) is 6.41. The number of hydrogen-bond donors (Lipinski definition) is 1. The highest BCUT2D eigenvalue weighted by Crippen LogP contribution is 2.24. The molecule has 0 amide bonds. The number of rotatable bonds is 4. The van der Waals surface area contributed by atoms with Gasteiger partial charge in [0, 0.05) is 37.2 Å². The van der Waals surface area contributed by atoms with E-state index in [-0.39, 0.29) is 0 Å². The Labute approximate surface area is 102 Å². The molecule has 1 aromatic heterocycles.